The van der Waals surface area contributed by atoms with Gasteiger partial charge in [0.25, 0.3) is 0 Å². The molecule has 0 saturated carbocycles. The van der Waals surface area contributed by atoms with E-state index in [-0.39, 0.29) is 6.79 Å². The second kappa shape index (κ2) is 9.73. The van der Waals surface area contributed by atoms with Crippen molar-refractivity contribution >= 4 is 23.7 Å². The zero-order chi connectivity index (χ0) is 22.5. The summed E-state index contributed by atoms with van der Waals surface area (Å²) in [6.07, 6.45) is 0. The maximum absolute atomic E-state index is 12.4. The number of ether oxygens (including phenoxy) is 2. The molecule has 2 heterocycles. The van der Waals surface area contributed by atoms with Crippen LogP contribution in [0.3, 0.4) is 0 Å². The number of fused-ring (bicyclic) bond motifs is 1. The number of urea groups is 1. The van der Waals surface area contributed by atoms with Gasteiger partial charge in [-0.15, -0.1) is 10.2 Å². The number of thioether (sulfide) groups is 1. The van der Waals surface area contributed by atoms with Gasteiger partial charge in [0.15, 0.2) is 22.5 Å². The second-order valence-corrected chi connectivity index (χ2v) is 8.36. The third-order valence-corrected chi connectivity index (χ3v) is 5.83. The van der Waals surface area contributed by atoms with Crippen molar-refractivity contribution in [2.45, 2.75) is 30.8 Å². The van der Waals surface area contributed by atoms with Crippen LogP contribution in [0.1, 0.15) is 19.4 Å². The lowest BCUT2D eigenvalue weighted by molar-refractivity contribution is -0.119. The smallest absolute Gasteiger partial charge is 0.321 e. The Balaban J connectivity index is 1.60. The highest BCUT2D eigenvalue weighted by Crippen LogP contribution is 2.34. The second-order valence-electron chi connectivity index (χ2n) is 7.05. The largest absolute Gasteiger partial charge is 0.454 e. The summed E-state index contributed by atoms with van der Waals surface area (Å²) in [7, 11) is 0. The first kappa shape index (κ1) is 21.7. The summed E-state index contributed by atoms with van der Waals surface area (Å²) in [6, 6.07) is 15.0. The molecule has 10 heteroatoms. The van der Waals surface area contributed by atoms with Crippen molar-refractivity contribution in [2.75, 3.05) is 13.3 Å². The third kappa shape index (κ3) is 4.86. The number of hydrogen-bond acceptors (Lipinski definition) is 7. The normalized spacial score (nSPS) is 12.9. The first-order chi connectivity index (χ1) is 15.5. The predicted molar refractivity (Wildman–Crippen MR) is 120 cm³/mol. The standard InChI is InChI=1S/C22H23N5O4S/c1-3-23-21(29)24-20(28)14(2)32-22-26-25-19(16-7-5-4-6-8-16)27(22)12-15-9-10-17-18(11-15)31-13-30-17/h4-11,14H,3,12-13H2,1-2H3,(H2,23,24,28,29)/t14-/m1/s1. The number of rotatable bonds is 7. The molecule has 0 spiro atoms. The van der Waals surface area contributed by atoms with E-state index < -0.39 is 17.2 Å². The molecule has 0 fully saturated rings. The fourth-order valence-corrected chi connectivity index (χ4v) is 4.02. The van der Waals surface area contributed by atoms with Gasteiger partial charge in [0.1, 0.15) is 0 Å². The highest BCUT2D eigenvalue weighted by atomic mass is 32.2. The Hall–Kier alpha value is -3.53. The van der Waals surface area contributed by atoms with E-state index in [1.165, 1.54) is 11.8 Å². The quantitative estimate of drug-likeness (QED) is 0.530. The first-order valence-corrected chi connectivity index (χ1v) is 11.1. The van der Waals surface area contributed by atoms with Crippen molar-refractivity contribution in [1.82, 2.24) is 25.4 Å². The summed E-state index contributed by atoms with van der Waals surface area (Å²) in [4.78, 5) is 24.1. The fourth-order valence-electron chi connectivity index (χ4n) is 3.17. The Bertz CT molecular complexity index is 1120. The SMILES string of the molecule is CCNC(=O)NC(=O)[C@@H](C)Sc1nnc(-c2ccccc2)n1Cc1ccc2c(c1)OCO2. The Morgan fingerprint density at radius 3 is 2.69 bits per heavy atom. The summed E-state index contributed by atoms with van der Waals surface area (Å²) in [5.74, 6) is 1.69. The molecule has 2 aromatic carbocycles. The van der Waals surface area contributed by atoms with E-state index in [1.807, 2.05) is 53.1 Å². The zero-order valence-electron chi connectivity index (χ0n) is 17.7. The van der Waals surface area contributed by atoms with E-state index in [0.29, 0.717) is 35.6 Å². The highest BCUT2D eigenvalue weighted by Gasteiger charge is 2.23. The first-order valence-electron chi connectivity index (χ1n) is 10.2. The molecule has 166 valence electrons. The molecule has 4 rings (SSSR count). The molecular formula is C22H23N5O4S. The predicted octanol–water partition coefficient (Wildman–Crippen LogP) is 3.05. The van der Waals surface area contributed by atoms with Crippen LogP contribution >= 0.6 is 11.8 Å². The lowest BCUT2D eigenvalue weighted by atomic mass is 10.2. The minimum absolute atomic E-state index is 0.208. The van der Waals surface area contributed by atoms with Crippen LogP contribution < -0.4 is 20.1 Å². The third-order valence-electron chi connectivity index (χ3n) is 4.75. The maximum atomic E-state index is 12.4. The van der Waals surface area contributed by atoms with Gasteiger partial charge in [0, 0.05) is 12.1 Å². The molecule has 9 nitrogen and oxygen atoms in total. The summed E-state index contributed by atoms with van der Waals surface area (Å²) < 4.78 is 12.8. The minimum Gasteiger partial charge on any atom is -0.454 e. The van der Waals surface area contributed by atoms with Crippen LogP contribution in [0.15, 0.2) is 53.7 Å². The molecular weight excluding hydrogens is 430 g/mol. The van der Waals surface area contributed by atoms with Crippen LogP contribution in [0.5, 0.6) is 11.5 Å². The Kier molecular flexibility index (Phi) is 6.60. The van der Waals surface area contributed by atoms with Gasteiger partial charge in [-0.05, 0) is 31.5 Å². The van der Waals surface area contributed by atoms with E-state index in [9.17, 15) is 9.59 Å². The fraction of sp³-hybridized carbons (Fsp3) is 0.273. The molecule has 0 saturated heterocycles. The number of aromatic nitrogens is 3. The van der Waals surface area contributed by atoms with Gasteiger partial charge in [-0.3, -0.25) is 14.7 Å². The van der Waals surface area contributed by atoms with E-state index in [2.05, 4.69) is 20.8 Å². The van der Waals surface area contributed by atoms with E-state index in [0.717, 1.165) is 11.1 Å². The van der Waals surface area contributed by atoms with Crippen molar-refractivity contribution in [3.05, 3.63) is 54.1 Å². The van der Waals surface area contributed by atoms with Crippen LogP contribution in [0.25, 0.3) is 11.4 Å². The molecule has 1 aliphatic rings. The van der Waals surface area contributed by atoms with Gasteiger partial charge >= 0.3 is 6.03 Å². The molecule has 1 aromatic heterocycles. The number of imide groups is 1. The van der Waals surface area contributed by atoms with Crippen molar-refractivity contribution in [2.24, 2.45) is 0 Å². The van der Waals surface area contributed by atoms with Crippen molar-refractivity contribution in [3.63, 3.8) is 0 Å². The zero-order valence-corrected chi connectivity index (χ0v) is 18.5. The number of nitrogens with zero attached hydrogens (tertiary/aromatic N) is 3. The molecule has 0 bridgehead atoms. The topological polar surface area (TPSA) is 107 Å². The Morgan fingerprint density at radius 2 is 1.91 bits per heavy atom. The number of benzene rings is 2. The van der Waals surface area contributed by atoms with Gasteiger partial charge in [-0.25, -0.2) is 4.79 Å². The van der Waals surface area contributed by atoms with Crippen LogP contribution in [-0.4, -0.2) is 45.3 Å². The number of hydrogen-bond donors (Lipinski definition) is 2. The minimum atomic E-state index is -0.555. The Labute approximate surface area is 189 Å². The molecule has 32 heavy (non-hydrogen) atoms. The van der Waals surface area contributed by atoms with Crippen molar-refractivity contribution in [1.29, 1.82) is 0 Å². The summed E-state index contributed by atoms with van der Waals surface area (Å²) >= 11 is 1.24. The van der Waals surface area contributed by atoms with E-state index in [4.69, 9.17) is 9.47 Å². The van der Waals surface area contributed by atoms with Crippen LogP contribution in [0, 0.1) is 0 Å². The lowest BCUT2D eigenvalue weighted by Gasteiger charge is -2.14. The number of carbonyl (C=O) groups is 2. The molecule has 0 aliphatic carbocycles. The van der Waals surface area contributed by atoms with Gasteiger partial charge < -0.3 is 14.8 Å². The molecule has 3 aromatic rings. The number of nitrogens with one attached hydrogen (secondary N) is 2. The number of amides is 3. The van der Waals surface area contributed by atoms with Gasteiger partial charge in [-0.2, -0.15) is 0 Å². The molecule has 3 amide bonds. The van der Waals surface area contributed by atoms with Crippen molar-refractivity contribution < 1.29 is 19.1 Å². The molecule has 2 N–H and O–H groups in total. The van der Waals surface area contributed by atoms with Crippen LogP contribution in [-0.2, 0) is 11.3 Å². The lowest BCUT2D eigenvalue weighted by Crippen LogP contribution is -2.42. The van der Waals surface area contributed by atoms with Crippen LogP contribution in [0.2, 0.25) is 0 Å². The van der Waals surface area contributed by atoms with E-state index in [1.54, 1.807) is 13.8 Å². The Morgan fingerprint density at radius 1 is 1.12 bits per heavy atom. The summed E-state index contributed by atoms with van der Waals surface area (Å²) in [5.41, 5.74) is 1.89. The average Bonchev–Trinajstić information content (AvgIpc) is 3.41. The molecule has 0 unspecified atom stereocenters. The number of carbonyl (C=O) groups excluding carboxylic acids is 2. The molecule has 1 aliphatic heterocycles. The monoisotopic (exact) mass is 453 g/mol. The highest BCUT2D eigenvalue weighted by molar-refractivity contribution is 8.00. The summed E-state index contributed by atoms with van der Waals surface area (Å²) in [5, 5.41) is 13.6. The van der Waals surface area contributed by atoms with Gasteiger partial charge in [0.05, 0.1) is 11.8 Å². The van der Waals surface area contributed by atoms with Gasteiger partial charge in [0.2, 0.25) is 12.7 Å². The molecule has 0 radical (unpaired) electrons. The molecule has 1 atom stereocenters. The van der Waals surface area contributed by atoms with Crippen LogP contribution in [0.4, 0.5) is 4.79 Å². The maximum Gasteiger partial charge on any atom is 0.321 e. The van der Waals surface area contributed by atoms with Crippen molar-refractivity contribution in [3.8, 4) is 22.9 Å². The van der Waals surface area contributed by atoms with E-state index >= 15 is 0 Å². The van der Waals surface area contributed by atoms with Gasteiger partial charge in [-0.1, -0.05) is 48.2 Å². The average molecular weight is 454 g/mol. The summed E-state index contributed by atoms with van der Waals surface area (Å²) in [6.45, 7) is 4.62.